The van der Waals surface area contributed by atoms with Crippen molar-refractivity contribution in [1.82, 2.24) is 14.8 Å². The summed E-state index contributed by atoms with van der Waals surface area (Å²) in [5, 5.41) is 7.96. The Labute approximate surface area is 93.8 Å². The number of hydrogen-bond donors (Lipinski definition) is 1. The van der Waals surface area contributed by atoms with Crippen molar-refractivity contribution in [2.24, 2.45) is 5.73 Å². The number of aromatic nitrogens is 3. The van der Waals surface area contributed by atoms with Crippen LogP contribution in [-0.4, -0.2) is 33.9 Å². The number of hydrogen-bond acceptors (Lipinski definition) is 5. The van der Waals surface area contributed by atoms with E-state index in [-0.39, 0.29) is 11.9 Å². The van der Waals surface area contributed by atoms with Crippen LogP contribution in [-0.2, 0) is 16.1 Å². The Balaban J connectivity index is 2.05. The molecule has 6 nitrogen and oxygen atoms in total. The number of aryl methyl sites for hydroxylation is 1. The number of fused-ring (bicyclic) bond motifs is 1. The fourth-order valence-corrected chi connectivity index (χ4v) is 2.17. The van der Waals surface area contributed by atoms with E-state index in [9.17, 15) is 4.79 Å². The number of nitrogens with zero attached hydrogens (tertiary/aromatic N) is 3. The number of methoxy groups -OCH3 is 1. The first-order chi connectivity index (χ1) is 7.72. The molecule has 2 N–H and O–H groups in total. The highest BCUT2D eigenvalue weighted by Gasteiger charge is 2.27. The van der Waals surface area contributed by atoms with Crippen LogP contribution in [0.25, 0.3) is 0 Å². The SMILES string of the molecule is COC(=O)C(N)CC1CCCn2cnnc21. The van der Waals surface area contributed by atoms with Gasteiger partial charge in [-0.05, 0) is 19.3 Å². The number of carbonyl (C=O) groups excluding carboxylic acids is 1. The third-order valence-corrected chi connectivity index (χ3v) is 3.00. The van der Waals surface area contributed by atoms with Gasteiger partial charge >= 0.3 is 5.97 Å². The second kappa shape index (κ2) is 4.61. The first-order valence-corrected chi connectivity index (χ1v) is 5.43. The Morgan fingerprint density at radius 3 is 3.38 bits per heavy atom. The minimum absolute atomic E-state index is 0.213. The van der Waals surface area contributed by atoms with Gasteiger partial charge in [0.1, 0.15) is 18.2 Å². The molecule has 0 radical (unpaired) electrons. The Morgan fingerprint density at radius 1 is 1.81 bits per heavy atom. The summed E-state index contributed by atoms with van der Waals surface area (Å²) < 4.78 is 6.64. The average Bonchev–Trinajstić information content (AvgIpc) is 2.77. The minimum Gasteiger partial charge on any atom is -0.468 e. The number of carbonyl (C=O) groups is 1. The predicted octanol–water partition coefficient (Wildman–Crippen LogP) is 0.0459. The largest absolute Gasteiger partial charge is 0.468 e. The van der Waals surface area contributed by atoms with E-state index < -0.39 is 6.04 Å². The zero-order valence-corrected chi connectivity index (χ0v) is 9.30. The summed E-state index contributed by atoms with van der Waals surface area (Å²) in [6.45, 7) is 0.951. The molecule has 0 fully saturated rings. The second-order valence-electron chi connectivity index (χ2n) is 4.09. The molecule has 0 aliphatic carbocycles. The molecule has 1 aromatic heterocycles. The van der Waals surface area contributed by atoms with Crippen molar-refractivity contribution in [3.63, 3.8) is 0 Å². The molecule has 6 heteroatoms. The second-order valence-corrected chi connectivity index (χ2v) is 4.09. The van der Waals surface area contributed by atoms with E-state index in [1.54, 1.807) is 6.33 Å². The van der Waals surface area contributed by atoms with Crippen molar-refractivity contribution in [3.05, 3.63) is 12.2 Å². The molecular weight excluding hydrogens is 208 g/mol. The van der Waals surface area contributed by atoms with Crippen molar-refractivity contribution in [1.29, 1.82) is 0 Å². The molecular formula is C10H16N4O2. The topological polar surface area (TPSA) is 83.0 Å². The fraction of sp³-hybridized carbons (Fsp3) is 0.700. The first-order valence-electron chi connectivity index (χ1n) is 5.43. The van der Waals surface area contributed by atoms with E-state index in [4.69, 9.17) is 5.73 Å². The maximum atomic E-state index is 11.2. The monoisotopic (exact) mass is 224 g/mol. The van der Waals surface area contributed by atoms with E-state index in [0.29, 0.717) is 6.42 Å². The molecule has 2 unspecified atom stereocenters. The van der Waals surface area contributed by atoms with Gasteiger partial charge in [0.05, 0.1) is 7.11 Å². The maximum absolute atomic E-state index is 11.2. The number of ether oxygens (including phenoxy) is 1. The van der Waals surface area contributed by atoms with Crippen LogP contribution in [0.4, 0.5) is 0 Å². The molecule has 0 saturated heterocycles. The Hall–Kier alpha value is -1.43. The van der Waals surface area contributed by atoms with Crippen molar-refractivity contribution in [2.45, 2.75) is 37.8 Å². The molecule has 2 heterocycles. The molecule has 1 aromatic rings. The first kappa shape index (κ1) is 11.1. The minimum atomic E-state index is -0.571. The van der Waals surface area contributed by atoms with Crippen LogP contribution in [0.5, 0.6) is 0 Å². The molecule has 0 amide bonds. The lowest BCUT2D eigenvalue weighted by atomic mass is 9.92. The average molecular weight is 224 g/mol. The lowest BCUT2D eigenvalue weighted by Gasteiger charge is -2.23. The van der Waals surface area contributed by atoms with Gasteiger partial charge in [0.25, 0.3) is 0 Å². The summed E-state index contributed by atoms with van der Waals surface area (Å²) in [5.41, 5.74) is 5.75. The standard InChI is InChI=1S/C10H16N4O2/c1-16-10(15)8(11)5-7-3-2-4-14-6-12-13-9(7)14/h6-8H,2-5,11H2,1H3. The van der Waals surface area contributed by atoms with Gasteiger partial charge in [-0.3, -0.25) is 4.79 Å². The molecule has 1 aliphatic heterocycles. The van der Waals surface area contributed by atoms with Gasteiger partial charge in [-0.15, -0.1) is 10.2 Å². The Kier molecular flexibility index (Phi) is 3.19. The Bertz CT molecular complexity index is 377. The van der Waals surface area contributed by atoms with Gasteiger partial charge < -0.3 is 15.0 Å². The number of rotatable bonds is 3. The van der Waals surface area contributed by atoms with Gasteiger partial charge in [0.15, 0.2) is 0 Å². The summed E-state index contributed by atoms with van der Waals surface area (Å²) >= 11 is 0. The molecule has 0 saturated carbocycles. The molecule has 1 aliphatic rings. The van der Waals surface area contributed by atoms with Crippen molar-refractivity contribution < 1.29 is 9.53 Å². The summed E-state index contributed by atoms with van der Waals surface area (Å²) in [6.07, 6.45) is 4.38. The molecule has 0 aromatic carbocycles. The third-order valence-electron chi connectivity index (χ3n) is 3.00. The van der Waals surface area contributed by atoms with E-state index in [1.165, 1.54) is 7.11 Å². The van der Waals surface area contributed by atoms with Crippen LogP contribution in [0.2, 0.25) is 0 Å². The van der Waals surface area contributed by atoms with Crippen molar-refractivity contribution in [2.75, 3.05) is 7.11 Å². The molecule has 2 rings (SSSR count). The van der Waals surface area contributed by atoms with Crippen molar-refractivity contribution in [3.8, 4) is 0 Å². The third kappa shape index (κ3) is 2.06. The predicted molar refractivity (Wildman–Crippen MR) is 56.6 cm³/mol. The fourth-order valence-electron chi connectivity index (χ4n) is 2.17. The molecule has 16 heavy (non-hydrogen) atoms. The molecule has 0 bridgehead atoms. The van der Waals surface area contributed by atoms with Crippen LogP contribution < -0.4 is 5.73 Å². The zero-order chi connectivity index (χ0) is 11.5. The van der Waals surface area contributed by atoms with E-state index in [2.05, 4.69) is 14.9 Å². The smallest absolute Gasteiger partial charge is 0.322 e. The van der Waals surface area contributed by atoms with E-state index in [1.807, 2.05) is 4.57 Å². The van der Waals surface area contributed by atoms with Gasteiger partial charge in [-0.25, -0.2) is 0 Å². The lowest BCUT2D eigenvalue weighted by Crippen LogP contribution is -2.34. The maximum Gasteiger partial charge on any atom is 0.322 e. The quantitative estimate of drug-likeness (QED) is 0.733. The lowest BCUT2D eigenvalue weighted by molar-refractivity contribution is -0.142. The van der Waals surface area contributed by atoms with E-state index >= 15 is 0 Å². The molecule has 88 valence electrons. The van der Waals surface area contributed by atoms with Gasteiger partial charge in [0.2, 0.25) is 0 Å². The summed E-state index contributed by atoms with van der Waals surface area (Å²) in [5.74, 6) is 0.785. The Morgan fingerprint density at radius 2 is 2.62 bits per heavy atom. The normalized spacial score (nSPS) is 21.2. The van der Waals surface area contributed by atoms with Crippen LogP contribution in [0.1, 0.15) is 31.0 Å². The summed E-state index contributed by atoms with van der Waals surface area (Å²) in [6, 6.07) is -0.571. The van der Waals surface area contributed by atoms with Crippen LogP contribution >= 0.6 is 0 Å². The van der Waals surface area contributed by atoms with Crippen molar-refractivity contribution >= 4 is 5.97 Å². The number of esters is 1. The van der Waals surface area contributed by atoms with Gasteiger partial charge in [-0.1, -0.05) is 0 Å². The van der Waals surface area contributed by atoms with Gasteiger partial charge in [0, 0.05) is 12.5 Å². The molecule has 0 spiro atoms. The highest BCUT2D eigenvalue weighted by atomic mass is 16.5. The van der Waals surface area contributed by atoms with Gasteiger partial charge in [-0.2, -0.15) is 0 Å². The van der Waals surface area contributed by atoms with Crippen LogP contribution in [0.3, 0.4) is 0 Å². The zero-order valence-electron chi connectivity index (χ0n) is 9.30. The van der Waals surface area contributed by atoms with Crippen LogP contribution in [0, 0.1) is 0 Å². The number of nitrogens with two attached hydrogens (primary N) is 1. The van der Waals surface area contributed by atoms with E-state index in [0.717, 1.165) is 25.2 Å². The summed E-state index contributed by atoms with van der Waals surface area (Å²) in [7, 11) is 1.35. The van der Waals surface area contributed by atoms with Crippen LogP contribution in [0.15, 0.2) is 6.33 Å². The highest BCUT2D eigenvalue weighted by Crippen LogP contribution is 2.28. The highest BCUT2D eigenvalue weighted by molar-refractivity contribution is 5.75. The summed E-state index contributed by atoms with van der Waals surface area (Å²) in [4.78, 5) is 11.2. The molecule has 2 atom stereocenters.